The van der Waals surface area contributed by atoms with Crippen molar-refractivity contribution in [2.75, 3.05) is 31.1 Å². The molecular formula is C23H35FN2O. The van der Waals surface area contributed by atoms with E-state index in [2.05, 4.69) is 18.7 Å². The number of hydrogen-bond donors (Lipinski definition) is 0. The molecule has 0 aromatic heterocycles. The van der Waals surface area contributed by atoms with Gasteiger partial charge >= 0.3 is 0 Å². The molecule has 0 aliphatic carbocycles. The summed E-state index contributed by atoms with van der Waals surface area (Å²) in [5.74, 6) is 1.34. The highest BCUT2D eigenvalue weighted by molar-refractivity contribution is 5.96. The fraction of sp³-hybridized carbons (Fsp3) is 0.696. The zero-order valence-electron chi connectivity index (χ0n) is 17.3. The molecule has 0 spiro atoms. The maximum absolute atomic E-state index is 13.9. The Morgan fingerprint density at radius 2 is 1.93 bits per heavy atom. The molecule has 1 amide bonds. The van der Waals surface area contributed by atoms with Crippen molar-refractivity contribution in [2.45, 2.75) is 65.7 Å². The van der Waals surface area contributed by atoms with E-state index in [0.29, 0.717) is 24.3 Å². The van der Waals surface area contributed by atoms with Crippen LogP contribution in [-0.2, 0) is 11.2 Å². The first-order valence-electron chi connectivity index (χ1n) is 10.8. The SMILES string of the molecule is CCCCC1CCN(CC(C)CN2C(=O)CCc3cc(F)c(C)cc32)CC1. The number of nitrogens with zero attached hydrogens (tertiary/aromatic N) is 2. The van der Waals surface area contributed by atoms with Crippen LogP contribution in [0.25, 0.3) is 0 Å². The van der Waals surface area contributed by atoms with Crippen LogP contribution in [0.5, 0.6) is 0 Å². The molecule has 0 saturated carbocycles. The second-order valence-electron chi connectivity index (χ2n) is 8.73. The van der Waals surface area contributed by atoms with Crippen LogP contribution >= 0.6 is 0 Å². The molecule has 1 atom stereocenters. The Bertz CT molecular complexity index is 652. The number of hydrogen-bond acceptors (Lipinski definition) is 2. The fourth-order valence-corrected chi connectivity index (χ4v) is 4.63. The van der Waals surface area contributed by atoms with E-state index in [1.165, 1.54) is 45.2 Å². The van der Waals surface area contributed by atoms with Gasteiger partial charge in [-0.3, -0.25) is 4.79 Å². The number of aryl methyl sites for hydroxylation is 2. The summed E-state index contributed by atoms with van der Waals surface area (Å²) in [6, 6.07) is 3.48. The molecule has 1 unspecified atom stereocenters. The second-order valence-corrected chi connectivity index (χ2v) is 8.73. The average Bonchev–Trinajstić information content (AvgIpc) is 2.65. The summed E-state index contributed by atoms with van der Waals surface area (Å²) in [7, 11) is 0. The molecular weight excluding hydrogens is 339 g/mol. The van der Waals surface area contributed by atoms with Crippen molar-refractivity contribution in [1.29, 1.82) is 0 Å². The summed E-state index contributed by atoms with van der Waals surface area (Å²) in [4.78, 5) is 17.0. The van der Waals surface area contributed by atoms with Crippen LogP contribution < -0.4 is 4.90 Å². The van der Waals surface area contributed by atoms with Gasteiger partial charge in [0.25, 0.3) is 0 Å². The molecule has 0 radical (unpaired) electrons. The molecule has 1 fully saturated rings. The summed E-state index contributed by atoms with van der Waals surface area (Å²) < 4.78 is 13.9. The molecule has 2 aliphatic heterocycles. The van der Waals surface area contributed by atoms with Crippen LogP contribution in [0.15, 0.2) is 12.1 Å². The van der Waals surface area contributed by atoms with E-state index in [1.807, 2.05) is 11.0 Å². The minimum Gasteiger partial charge on any atom is -0.312 e. The molecule has 2 aliphatic rings. The quantitative estimate of drug-likeness (QED) is 0.674. The predicted octanol–water partition coefficient (Wildman–Crippen LogP) is 4.95. The number of amides is 1. The molecule has 1 aromatic rings. The Morgan fingerprint density at radius 1 is 1.19 bits per heavy atom. The molecule has 3 nitrogen and oxygen atoms in total. The van der Waals surface area contributed by atoms with Crippen molar-refractivity contribution in [3.63, 3.8) is 0 Å². The lowest BCUT2D eigenvalue weighted by atomic mass is 9.91. The minimum atomic E-state index is -0.165. The first kappa shape index (κ1) is 20.3. The van der Waals surface area contributed by atoms with Gasteiger partial charge in [0.1, 0.15) is 5.82 Å². The fourth-order valence-electron chi connectivity index (χ4n) is 4.63. The van der Waals surface area contributed by atoms with Gasteiger partial charge in [-0.25, -0.2) is 4.39 Å². The minimum absolute atomic E-state index is 0.165. The van der Waals surface area contributed by atoms with Crippen LogP contribution in [0.3, 0.4) is 0 Å². The molecule has 1 aromatic carbocycles. The lowest BCUT2D eigenvalue weighted by Gasteiger charge is -2.36. The van der Waals surface area contributed by atoms with Crippen molar-refractivity contribution in [2.24, 2.45) is 11.8 Å². The van der Waals surface area contributed by atoms with Crippen molar-refractivity contribution >= 4 is 11.6 Å². The molecule has 0 N–H and O–H groups in total. The van der Waals surface area contributed by atoms with Crippen molar-refractivity contribution in [3.05, 3.63) is 29.1 Å². The number of rotatable bonds is 7. The van der Waals surface area contributed by atoms with E-state index in [4.69, 9.17) is 0 Å². The molecule has 1 saturated heterocycles. The Kier molecular flexibility index (Phi) is 6.91. The van der Waals surface area contributed by atoms with E-state index in [1.54, 1.807) is 13.0 Å². The zero-order valence-corrected chi connectivity index (χ0v) is 17.3. The van der Waals surface area contributed by atoms with E-state index < -0.39 is 0 Å². The lowest BCUT2D eigenvalue weighted by Crippen LogP contribution is -2.43. The van der Waals surface area contributed by atoms with Crippen LogP contribution in [0.2, 0.25) is 0 Å². The number of halogens is 1. The van der Waals surface area contributed by atoms with E-state index in [0.717, 1.165) is 30.3 Å². The number of likely N-dealkylation sites (tertiary alicyclic amines) is 1. The lowest BCUT2D eigenvalue weighted by molar-refractivity contribution is -0.119. The number of carbonyl (C=O) groups is 1. The average molecular weight is 375 g/mol. The smallest absolute Gasteiger partial charge is 0.227 e. The predicted molar refractivity (Wildman–Crippen MR) is 110 cm³/mol. The number of carbonyl (C=O) groups excluding carboxylic acids is 1. The normalized spacial score (nSPS) is 20.0. The van der Waals surface area contributed by atoms with Crippen molar-refractivity contribution in [1.82, 2.24) is 4.90 Å². The Hall–Kier alpha value is -1.42. The standard InChI is InChI=1S/C23H35FN2O/c1-4-5-6-19-9-11-25(12-10-19)15-17(2)16-26-22-13-18(3)21(24)14-20(22)7-8-23(26)27/h13-14,17,19H,4-12,15-16H2,1-3H3. The van der Waals surface area contributed by atoms with Crippen molar-refractivity contribution in [3.8, 4) is 0 Å². The molecule has 0 bridgehead atoms. The second kappa shape index (κ2) is 9.18. The maximum Gasteiger partial charge on any atom is 0.227 e. The van der Waals surface area contributed by atoms with E-state index >= 15 is 0 Å². The van der Waals surface area contributed by atoms with Crippen molar-refractivity contribution < 1.29 is 9.18 Å². The van der Waals surface area contributed by atoms with Gasteiger partial charge in [0.15, 0.2) is 0 Å². The van der Waals surface area contributed by atoms with Crippen LogP contribution in [0.1, 0.15) is 63.5 Å². The number of unbranched alkanes of at least 4 members (excludes halogenated alkanes) is 1. The van der Waals surface area contributed by atoms with Crippen LogP contribution in [0, 0.1) is 24.6 Å². The summed E-state index contributed by atoms with van der Waals surface area (Å²) in [5, 5.41) is 0. The van der Waals surface area contributed by atoms with Gasteiger partial charge in [0.2, 0.25) is 5.91 Å². The van der Waals surface area contributed by atoms with E-state index in [9.17, 15) is 9.18 Å². The Morgan fingerprint density at radius 3 is 2.63 bits per heavy atom. The summed E-state index contributed by atoms with van der Waals surface area (Å²) in [6.07, 6.45) is 7.82. The van der Waals surface area contributed by atoms with Gasteiger partial charge in [0, 0.05) is 25.2 Å². The molecule has 150 valence electrons. The third-order valence-corrected chi connectivity index (χ3v) is 6.30. The van der Waals surface area contributed by atoms with Gasteiger partial charge in [-0.2, -0.15) is 0 Å². The highest BCUT2D eigenvalue weighted by atomic mass is 19.1. The Labute approximate surface area is 163 Å². The summed E-state index contributed by atoms with van der Waals surface area (Å²) >= 11 is 0. The Balaban J connectivity index is 1.56. The highest BCUT2D eigenvalue weighted by Gasteiger charge is 2.27. The van der Waals surface area contributed by atoms with Crippen LogP contribution in [0.4, 0.5) is 10.1 Å². The molecule has 3 rings (SSSR count). The van der Waals surface area contributed by atoms with Gasteiger partial charge < -0.3 is 9.80 Å². The van der Waals surface area contributed by atoms with Gasteiger partial charge in [-0.1, -0.05) is 33.1 Å². The molecule has 4 heteroatoms. The van der Waals surface area contributed by atoms with Crippen LogP contribution in [-0.4, -0.2) is 37.0 Å². The highest BCUT2D eigenvalue weighted by Crippen LogP contribution is 2.31. The van der Waals surface area contributed by atoms with Gasteiger partial charge in [-0.05, 0) is 74.4 Å². The first-order chi connectivity index (χ1) is 13.0. The zero-order chi connectivity index (χ0) is 19.4. The van der Waals surface area contributed by atoms with E-state index in [-0.39, 0.29) is 11.7 Å². The maximum atomic E-state index is 13.9. The molecule has 2 heterocycles. The first-order valence-corrected chi connectivity index (χ1v) is 10.8. The van der Waals surface area contributed by atoms with Gasteiger partial charge in [0.05, 0.1) is 0 Å². The third-order valence-electron chi connectivity index (χ3n) is 6.30. The topological polar surface area (TPSA) is 23.6 Å². The number of benzene rings is 1. The number of anilines is 1. The number of piperidine rings is 1. The summed E-state index contributed by atoms with van der Waals surface area (Å²) in [6.45, 7) is 10.4. The third kappa shape index (κ3) is 5.10. The van der Waals surface area contributed by atoms with Gasteiger partial charge in [-0.15, -0.1) is 0 Å². The summed E-state index contributed by atoms with van der Waals surface area (Å²) in [5.41, 5.74) is 2.52. The monoisotopic (exact) mass is 374 g/mol. The molecule has 27 heavy (non-hydrogen) atoms. The largest absolute Gasteiger partial charge is 0.312 e. The number of fused-ring (bicyclic) bond motifs is 1.